The smallest absolute Gasteiger partial charge is 0.353 e. The predicted octanol–water partition coefficient (Wildman–Crippen LogP) is 3.06. The van der Waals surface area contributed by atoms with Crippen molar-refractivity contribution >= 4 is 39.3 Å². The summed E-state index contributed by atoms with van der Waals surface area (Å²) < 4.78 is 38.5. The number of benzene rings is 1. The molecule has 9 heteroatoms. The lowest BCUT2D eigenvalue weighted by Crippen LogP contribution is -2.43. The van der Waals surface area contributed by atoms with Crippen LogP contribution in [0.4, 0.5) is 13.2 Å². The Morgan fingerprint density at radius 1 is 1.46 bits per heavy atom. The minimum absolute atomic E-state index is 0.165. The van der Waals surface area contributed by atoms with Crippen LogP contribution < -0.4 is 10.6 Å². The largest absolute Gasteiger partial charge is 0.417 e. The summed E-state index contributed by atoms with van der Waals surface area (Å²) in [5.41, 5.74) is -0.532. The van der Waals surface area contributed by atoms with Crippen molar-refractivity contribution in [1.29, 1.82) is 0 Å². The highest BCUT2D eigenvalue weighted by molar-refractivity contribution is 9.09. The van der Waals surface area contributed by atoms with Crippen molar-refractivity contribution in [3.63, 3.8) is 0 Å². The first kappa shape index (κ1) is 19.1. The van der Waals surface area contributed by atoms with Crippen LogP contribution in [0.15, 0.2) is 18.2 Å². The Balaban J connectivity index is 1.92. The van der Waals surface area contributed by atoms with Crippen LogP contribution >= 0.6 is 27.5 Å². The number of hydrogen-bond acceptors (Lipinski definition) is 2. The van der Waals surface area contributed by atoms with Gasteiger partial charge in [0.1, 0.15) is 6.04 Å². The highest BCUT2D eigenvalue weighted by atomic mass is 79.9. The molecule has 0 radical (unpaired) electrons. The van der Waals surface area contributed by atoms with Crippen LogP contribution in [0.2, 0.25) is 5.02 Å². The molecule has 0 saturated carbocycles. The molecule has 132 valence electrons. The van der Waals surface area contributed by atoms with E-state index in [-0.39, 0.29) is 34.6 Å². The van der Waals surface area contributed by atoms with Gasteiger partial charge < -0.3 is 10.6 Å². The Bertz CT molecular complexity index is 640. The maximum absolute atomic E-state index is 12.8. The van der Waals surface area contributed by atoms with Crippen LogP contribution in [0.1, 0.15) is 24.0 Å². The maximum Gasteiger partial charge on any atom is 0.417 e. The monoisotopic (exact) mass is 426 g/mol. The molecule has 1 aliphatic rings. The van der Waals surface area contributed by atoms with Crippen LogP contribution in [0, 0.1) is 0 Å². The Morgan fingerprint density at radius 2 is 2.17 bits per heavy atom. The van der Waals surface area contributed by atoms with E-state index in [4.69, 9.17) is 11.6 Å². The van der Waals surface area contributed by atoms with E-state index in [9.17, 15) is 22.8 Å². The second-order valence-corrected chi connectivity index (χ2v) is 7.15. The lowest BCUT2D eigenvalue weighted by Gasteiger charge is -2.16. The quantitative estimate of drug-likeness (QED) is 0.710. The van der Waals surface area contributed by atoms with E-state index < -0.39 is 17.8 Å². The molecule has 2 atom stereocenters. The number of amides is 2. The van der Waals surface area contributed by atoms with E-state index >= 15 is 0 Å². The number of carbonyl (C=O) groups excluding carboxylic acids is 2. The van der Waals surface area contributed by atoms with Crippen LogP contribution in [-0.4, -0.2) is 29.2 Å². The molecule has 0 aromatic heterocycles. The summed E-state index contributed by atoms with van der Waals surface area (Å²) in [5, 5.41) is 4.88. The fourth-order valence-corrected chi connectivity index (χ4v) is 3.23. The molecule has 1 aliphatic heterocycles. The van der Waals surface area contributed by atoms with Crippen molar-refractivity contribution in [3.8, 4) is 0 Å². The number of alkyl halides is 4. The van der Waals surface area contributed by atoms with Crippen LogP contribution in [-0.2, 0) is 22.2 Å². The lowest BCUT2D eigenvalue weighted by atomic mass is 10.1. The molecule has 0 spiro atoms. The molecule has 1 aromatic carbocycles. The van der Waals surface area contributed by atoms with Crippen molar-refractivity contribution < 1.29 is 22.8 Å². The second kappa shape index (κ2) is 7.74. The van der Waals surface area contributed by atoms with Gasteiger partial charge in [-0.15, -0.1) is 0 Å². The van der Waals surface area contributed by atoms with Gasteiger partial charge in [-0.2, -0.15) is 13.2 Å². The van der Waals surface area contributed by atoms with Gasteiger partial charge in [0.15, 0.2) is 0 Å². The van der Waals surface area contributed by atoms with Gasteiger partial charge in [0.05, 0.1) is 10.6 Å². The van der Waals surface area contributed by atoms with Crippen molar-refractivity contribution in [2.24, 2.45) is 0 Å². The second-order valence-electron chi connectivity index (χ2n) is 5.48. The summed E-state index contributed by atoms with van der Waals surface area (Å²) in [6.45, 7) is 0.206. The average molecular weight is 428 g/mol. The third-order valence-electron chi connectivity index (χ3n) is 3.64. The average Bonchev–Trinajstić information content (AvgIpc) is 2.92. The molecule has 1 saturated heterocycles. The number of nitrogens with one attached hydrogen (secondary N) is 2. The SMILES string of the molecule is O=C1CC[C@@H](C(=O)NC[C@H](Br)Cc2cccc(C(F)(F)F)c2Cl)N1. The first-order valence-corrected chi connectivity index (χ1v) is 8.53. The summed E-state index contributed by atoms with van der Waals surface area (Å²) in [6.07, 6.45) is -3.53. The van der Waals surface area contributed by atoms with Gasteiger partial charge in [0, 0.05) is 17.8 Å². The molecule has 24 heavy (non-hydrogen) atoms. The fourth-order valence-electron chi connectivity index (χ4n) is 2.41. The zero-order chi connectivity index (χ0) is 17.9. The highest BCUT2D eigenvalue weighted by Crippen LogP contribution is 2.36. The summed E-state index contributed by atoms with van der Waals surface area (Å²) in [5.74, 6) is -0.471. The van der Waals surface area contributed by atoms with Crippen LogP contribution in [0.5, 0.6) is 0 Å². The van der Waals surface area contributed by atoms with Gasteiger partial charge in [0.25, 0.3) is 0 Å². The minimum atomic E-state index is -4.51. The molecule has 2 rings (SSSR count). The Hall–Kier alpha value is -1.28. The third-order valence-corrected chi connectivity index (χ3v) is 4.73. The Kier molecular flexibility index (Phi) is 6.14. The zero-order valence-electron chi connectivity index (χ0n) is 12.4. The van der Waals surface area contributed by atoms with Gasteiger partial charge in [-0.3, -0.25) is 9.59 Å². The van der Waals surface area contributed by atoms with Crippen molar-refractivity contribution in [1.82, 2.24) is 10.6 Å². The van der Waals surface area contributed by atoms with Crippen molar-refractivity contribution in [3.05, 3.63) is 34.3 Å². The normalized spacial score (nSPS) is 19.0. The molecule has 0 unspecified atom stereocenters. The summed E-state index contributed by atoms with van der Waals surface area (Å²) in [4.78, 5) is 22.7. The van der Waals surface area contributed by atoms with Gasteiger partial charge in [-0.1, -0.05) is 39.7 Å². The Labute approximate surface area is 150 Å². The van der Waals surface area contributed by atoms with E-state index in [0.29, 0.717) is 18.4 Å². The minimum Gasteiger partial charge on any atom is -0.353 e. The van der Waals surface area contributed by atoms with E-state index in [1.807, 2.05) is 0 Å². The number of hydrogen-bond donors (Lipinski definition) is 2. The molecule has 1 fully saturated rings. The number of rotatable bonds is 5. The number of carbonyl (C=O) groups is 2. The molecule has 2 N–H and O–H groups in total. The van der Waals surface area contributed by atoms with Crippen LogP contribution in [0.3, 0.4) is 0 Å². The topological polar surface area (TPSA) is 58.2 Å². The molecular weight excluding hydrogens is 413 g/mol. The highest BCUT2D eigenvalue weighted by Gasteiger charge is 2.34. The fraction of sp³-hybridized carbons (Fsp3) is 0.467. The zero-order valence-corrected chi connectivity index (χ0v) is 14.8. The van der Waals surface area contributed by atoms with E-state index in [1.54, 1.807) is 0 Å². The van der Waals surface area contributed by atoms with E-state index in [2.05, 4.69) is 26.6 Å². The van der Waals surface area contributed by atoms with Gasteiger partial charge in [-0.05, 0) is 24.5 Å². The standard InChI is InChI=1S/C15H15BrClF3N2O2/c16-9(7-21-14(24)11-4-5-12(23)22-11)6-8-2-1-3-10(13(8)17)15(18,19)20/h1-3,9,11H,4-7H2,(H,21,24)(H,22,23)/t9-,11+/m1/s1. The number of halogens is 5. The maximum atomic E-state index is 12.8. The van der Waals surface area contributed by atoms with Crippen molar-refractivity contribution in [2.45, 2.75) is 36.3 Å². The first-order chi connectivity index (χ1) is 11.2. The molecule has 1 heterocycles. The molecular formula is C15H15BrClF3N2O2. The summed E-state index contributed by atoms with van der Waals surface area (Å²) in [6, 6.07) is 3.20. The van der Waals surface area contributed by atoms with Gasteiger partial charge >= 0.3 is 6.18 Å². The van der Waals surface area contributed by atoms with Gasteiger partial charge in [-0.25, -0.2) is 0 Å². The van der Waals surface area contributed by atoms with Crippen LogP contribution in [0.25, 0.3) is 0 Å². The summed E-state index contributed by atoms with van der Waals surface area (Å²) >= 11 is 9.17. The predicted molar refractivity (Wildman–Crippen MR) is 87.0 cm³/mol. The molecule has 1 aromatic rings. The molecule has 0 aliphatic carbocycles. The molecule has 4 nitrogen and oxygen atoms in total. The Morgan fingerprint density at radius 3 is 2.75 bits per heavy atom. The first-order valence-electron chi connectivity index (χ1n) is 7.24. The van der Waals surface area contributed by atoms with E-state index in [0.717, 1.165) is 6.07 Å². The summed E-state index contributed by atoms with van der Waals surface area (Å²) in [7, 11) is 0. The molecule has 2 amide bonds. The van der Waals surface area contributed by atoms with Gasteiger partial charge in [0.2, 0.25) is 11.8 Å². The third kappa shape index (κ3) is 4.86. The van der Waals surface area contributed by atoms with Crippen molar-refractivity contribution in [2.75, 3.05) is 6.54 Å². The van der Waals surface area contributed by atoms with E-state index in [1.165, 1.54) is 12.1 Å². The lowest BCUT2D eigenvalue weighted by molar-refractivity contribution is -0.137. The molecule has 0 bridgehead atoms.